The number of allylic oxidation sites excluding steroid dienone is 1. The van der Waals surface area contributed by atoms with Crippen molar-refractivity contribution in [2.24, 2.45) is 15.9 Å². The van der Waals surface area contributed by atoms with Gasteiger partial charge >= 0.3 is 13.8 Å². The minimum absolute atomic E-state index is 0.0418. The lowest BCUT2D eigenvalue weighted by Gasteiger charge is -2.27. The van der Waals surface area contributed by atoms with E-state index >= 15 is 0 Å². The van der Waals surface area contributed by atoms with Gasteiger partial charge in [0.2, 0.25) is 6.79 Å². The maximum atomic E-state index is 12.0. The number of hydrogen-bond acceptors (Lipinski definition) is 12. The molecule has 3 N–H and O–H groups in total. The summed E-state index contributed by atoms with van der Waals surface area (Å²) in [5, 5.41) is 7.08. The van der Waals surface area contributed by atoms with Crippen molar-refractivity contribution in [1.29, 1.82) is 0 Å². The van der Waals surface area contributed by atoms with Crippen molar-refractivity contribution in [3.63, 3.8) is 0 Å². The van der Waals surface area contributed by atoms with Crippen molar-refractivity contribution in [2.45, 2.75) is 69.9 Å². The van der Waals surface area contributed by atoms with Crippen LogP contribution in [0.25, 0.3) is 0 Å². The highest BCUT2D eigenvalue weighted by Gasteiger charge is 2.32. The van der Waals surface area contributed by atoms with Crippen LogP contribution >= 0.6 is 19.2 Å². The topological polar surface area (TPSA) is 159 Å². The fourth-order valence-electron chi connectivity index (χ4n) is 4.75. The summed E-state index contributed by atoms with van der Waals surface area (Å²) in [7, 11) is -4.08. The highest BCUT2D eigenvalue weighted by atomic mass is 35.5. The van der Waals surface area contributed by atoms with Crippen LogP contribution in [0.15, 0.2) is 21.4 Å². The van der Waals surface area contributed by atoms with Gasteiger partial charge in [0, 0.05) is 18.9 Å². The minimum Gasteiger partial charge on any atom is -0.435 e. The van der Waals surface area contributed by atoms with Crippen LogP contribution in [-0.4, -0.2) is 86.5 Å². The van der Waals surface area contributed by atoms with Gasteiger partial charge in [-0.1, -0.05) is 0 Å². The van der Waals surface area contributed by atoms with Gasteiger partial charge < -0.3 is 33.9 Å². The number of rotatable bonds is 12. The smallest absolute Gasteiger partial charge is 0.435 e. The molecule has 2 fully saturated rings. The van der Waals surface area contributed by atoms with Gasteiger partial charge in [-0.2, -0.15) is 0 Å². The second kappa shape index (κ2) is 14.2. The Bertz CT molecular complexity index is 959. The van der Waals surface area contributed by atoms with E-state index in [9.17, 15) is 14.3 Å². The Kier molecular flexibility index (Phi) is 11.0. The third kappa shape index (κ3) is 8.99. The Morgan fingerprint density at radius 1 is 1.29 bits per heavy atom. The Balaban J connectivity index is 1.18. The molecule has 0 saturated carbocycles. The van der Waals surface area contributed by atoms with Gasteiger partial charge in [-0.3, -0.25) is 19.4 Å². The number of ether oxygens (including phenoxy) is 5. The fourth-order valence-corrected chi connectivity index (χ4v) is 5.58. The maximum absolute atomic E-state index is 12.0. The number of carbonyl (C=O) groups excluding carboxylic acids is 1. The summed E-state index contributed by atoms with van der Waals surface area (Å²) < 4.78 is 42.8. The minimum atomic E-state index is -4.08. The van der Waals surface area contributed by atoms with Gasteiger partial charge in [0.15, 0.2) is 5.29 Å². The molecule has 13 nitrogen and oxygen atoms in total. The van der Waals surface area contributed by atoms with E-state index in [2.05, 4.69) is 25.1 Å². The molecular formula is C23H36ClN4O9P. The van der Waals surface area contributed by atoms with Crippen molar-refractivity contribution in [1.82, 2.24) is 10.6 Å². The molecule has 38 heavy (non-hydrogen) atoms. The third-order valence-electron chi connectivity index (χ3n) is 6.59. The first-order chi connectivity index (χ1) is 18.3. The molecule has 214 valence electrons. The molecule has 0 amide bonds. The summed E-state index contributed by atoms with van der Waals surface area (Å²) in [5.74, 6) is 0.222. The number of amidine groups is 1. The average molecular weight is 579 g/mol. The lowest BCUT2D eigenvalue weighted by molar-refractivity contribution is -0.0191. The number of hydrogen-bond donors (Lipinski definition) is 3. The van der Waals surface area contributed by atoms with Gasteiger partial charge in [0.25, 0.3) is 0 Å². The molecule has 4 heterocycles. The Morgan fingerprint density at radius 3 is 2.92 bits per heavy atom. The summed E-state index contributed by atoms with van der Waals surface area (Å²) in [4.78, 5) is 30.2. The van der Waals surface area contributed by atoms with E-state index in [1.165, 1.54) is 0 Å². The van der Waals surface area contributed by atoms with E-state index in [0.29, 0.717) is 11.9 Å². The molecule has 6 atom stereocenters. The lowest BCUT2D eigenvalue weighted by atomic mass is 9.95. The highest BCUT2D eigenvalue weighted by Crippen LogP contribution is 2.42. The maximum Gasteiger partial charge on any atom is 0.510 e. The van der Waals surface area contributed by atoms with E-state index in [0.717, 1.165) is 56.5 Å². The SMILES string of the molecule is CCOC(=O)OCOP(=O)(O)COCC1CCC(C[C@@H]2C=NC3=C(CC2)N=C(Cl)NC3NC2CCOC2)O1. The van der Waals surface area contributed by atoms with Crippen LogP contribution in [-0.2, 0) is 32.8 Å². The lowest BCUT2D eigenvalue weighted by Crippen LogP contribution is -2.51. The average Bonchev–Trinajstić information content (AvgIpc) is 3.49. The predicted molar refractivity (Wildman–Crippen MR) is 138 cm³/mol. The largest absolute Gasteiger partial charge is 0.510 e. The van der Waals surface area contributed by atoms with Crippen molar-refractivity contribution in [3.8, 4) is 0 Å². The van der Waals surface area contributed by atoms with Gasteiger partial charge in [-0.05, 0) is 63.0 Å². The molecule has 0 spiro atoms. The zero-order valence-corrected chi connectivity index (χ0v) is 23.0. The van der Waals surface area contributed by atoms with Crippen LogP contribution in [0.2, 0.25) is 0 Å². The predicted octanol–water partition coefficient (Wildman–Crippen LogP) is 2.83. The zero-order chi connectivity index (χ0) is 27.0. The molecule has 0 bridgehead atoms. The summed E-state index contributed by atoms with van der Waals surface area (Å²) in [5.41, 5.74) is 1.76. The van der Waals surface area contributed by atoms with Crippen LogP contribution in [0.4, 0.5) is 4.79 Å². The van der Waals surface area contributed by atoms with E-state index in [1.807, 2.05) is 6.21 Å². The summed E-state index contributed by atoms with van der Waals surface area (Å²) in [6, 6.07) is 0.244. The molecule has 0 radical (unpaired) electrons. The molecule has 0 aliphatic carbocycles. The Labute approximate surface area is 226 Å². The third-order valence-corrected chi connectivity index (χ3v) is 7.80. The molecule has 5 unspecified atom stereocenters. The summed E-state index contributed by atoms with van der Waals surface area (Å²) in [6.45, 7) is 2.62. The first-order valence-electron chi connectivity index (χ1n) is 12.9. The van der Waals surface area contributed by atoms with Gasteiger partial charge in [0.05, 0.1) is 43.4 Å². The van der Waals surface area contributed by atoms with Crippen molar-refractivity contribution in [3.05, 3.63) is 11.4 Å². The quantitative estimate of drug-likeness (QED) is 0.135. The van der Waals surface area contributed by atoms with Crippen molar-refractivity contribution in [2.75, 3.05) is 39.6 Å². The number of halogens is 1. The fraction of sp³-hybridized carbons (Fsp3) is 0.783. The second-order valence-electron chi connectivity index (χ2n) is 9.52. The molecule has 4 aliphatic rings. The van der Waals surface area contributed by atoms with Gasteiger partial charge in [0.1, 0.15) is 12.5 Å². The van der Waals surface area contributed by atoms with E-state index < -0.39 is 26.9 Å². The number of nitrogens with one attached hydrogen (secondary N) is 2. The highest BCUT2D eigenvalue weighted by molar-refractivity contribution is 7.52. The van der Waals surface area contributed by atoms with Crippen LogP contribution in [0.3, 0.4) is 0 Å². The molecule has 4 rings (SSSR count). The van der Waals surface area contributed by atoms with Crippen LogP contribution in [0, 0.1) is 5.92 Å². The number of carbonyl (C=O) groups is 1. The molecule has 15 heteroatoms. The first-order valence-corrected chi connectivity index (χ1v) is 15.1. The second-order valence-corrected chi connectivity index (χ2v) is 11.7. The summed E-state index contributed by atoms with van der Waals surface area (Å²) >= 11 is 6.26. The van der Waals surface area contributed by atoms with Crippen LogP contribution < -0.4 is 10.6 Å². The van der Waals surface area contributed by atoms with Gasteiger partial charge in [-0.25, -0.2) is 9.79 Å². The molecule has 0 aromatic rings. The normalized spacial score (nSPS) is 30.7. The molecule has 0 aromatic heterocycles. The van der Waals surface area contributed by atoms with Crippen LogP contribution in [0.5, 0.6) is 0 Å². The molecule has 4 aliphatic heterocycles. The monoisotopic (exact) mass is 578 g/mol. The number of nitrogens with zero attached hydrogens (tertiary/aromatic N) is 2. The van der Waals surface area contributed by atoms with Gasteiger partial charge in [-0.15, -0.1) is 0 Å². The summed E-state index contributed by atoms with van der Waals surface area (Å²) in [6.07, 6.45) is 5.19. The van der Waals surface area contributed by atoms with E-state index in [4.69, 9.17) is 35.3 Å². The van der Waals surface area contributed by atoms with E-state index in [-0.39, 0.29) is 43.5 Å². The Morgan fingerprint density at radius 2 is 2.13 bits per heavy atom. The van der Waals surface area contributed by atoms with Crippen molar-refractivity contribution >= 4 is 36.9 Å². The van der Waals surface area contributed by atoms with Crippen molar-refractivity contribution < 1.29 is 42.5 Å². The number of aliphatic imine (C=N–C) groups is 2. The molecule has 2 saturated heterocycles. The van der Waals surface area contributed by atoms with E-state index in [1.54, 1.807) is 6.92 Å². The first kappa shape index (κ1) is 29.4. The standard InChI is InChI=1S/C23H36ClN4O9P/c1-2-34-23(29)35-13-36-38(30,31)14-33-12-18-5-4-17(37-18)9-15-3-6-19-20(25-10-15)21(28-22(24)27-19)26-16-7-8-32-11-16/h10,15-18,21,26H,2-9,11-14H2,1H3,(H,27,28)(H,30,31)/t15-,16?,17?,18?,21?/m1/s1. The molecule has 0 aromatic carbocycles. The molecular weight excluding hydrogens is 543 g/mol. The van der Waals surface area contributed by atoms with Crippen LogP contribution in [0.1, 0.15) is 45.4 Å². The zero-order valence-electron chi connectivity index (χ0n) is 21.4. The Hall–Kier alpha value is -1.57.